The van der Waals surface area contributed by atoms with Gasteiger partial charge in [-0.15, -0.1) is 24.8 Å². The third-order valence-electron chi connectivity index (χ3n) is 5.61. The van der Waals surface area contributed by atoms with Gasteiger partial charge in [-0.05, 0) is 61.5 Å². The van der Waals surface area contributed by atoms with Gasteiger partial charge < -0.3 is 5.32 Å². The van der Waals surface area contributed by atoms with E-state index in [1.165, 1.54) is 5.56 Å². The fourth-order valence-electron chi connectivity index (χ4n) is 4.05. The first-order valence-electron chi connectivity index (χ1n) is 10.3. The summed E-state index contributed by atoms with van der Waals surface area (Å²) in [6.45, 7) is 5.33. The van der Waals surface area contributed by atoms with Crippen LogP contribution in [0.15, 0.2) is 59.4 Å². The van der Waals surface area contributed by atoms with Crippen molar-refractivity contribution in [3.8, 4) is 11.1 Å². The maximum atomic E-state index is 12.9. The molecule has 0 spiro atoms. The molecule has 1 aliphatic rings. The van der Waals surface area contributed by atoms with E-state index in [0.29, 0.717) is 19.0 Å². The number of piperidine rings is 1. The zero-order valence-electron chi connectivity index (χ0n) is 17.3. The van der Waals surface area contributed by atoms with Gasteiger partial charge in [0.05, 0.1) is 6.54 Å². The van der Waals surface area contributed by atoms with Gasteiger partial charge >= 0.3 is 5.69 Å². The summed E-state index contributed by atoms with van der Waals surface area (Å²) in [5.41, 5.74) is 3.44. The number of hydrogen-bond donors (Lipinski definition) is 1. The molecule has 1 fully saturated rings. The fourth-order valence-corrected chi connectivity index (χ4v) is 4.05. The SMILES string of the molecule is CCn1c(CC2CCNCC2)nn(Cc2cccc(-c3ccccc3)c2)c1=O.Cl.Cl. The number of nitrogens with one attached hydrogen (secondary N) is 1. The van der Waals surface area contributed by atoms with E-state index in [1.807, 2.05) is 29.7 Å². The molecule has 0 aliphatic carbocycles. The quantitative estimate of drug-likeness (QED) is 0.615. The fraction of sp³-hybridized carbons (Fsp3) is 0.391. The highest BCUT2D eigenvalue weighted by atomic mass is 35.5. The van der Waals surface area contributed by atoms with Crippen molar-refractivity contribution in [3.63, 3.8) is 0 Å². The van der Waals surface area contributed by atoms with E-state index >= 15 is 0 Å². The minimum absolute atomic E-state index is 0. The van der Waals surface area contributed by atoms with E-state index in [-0.39, 0.29) is 30.5 Å². The Labute approximate surface area is 190 Å². The van der Waals surface area contributed by atoms with Gasteiger partial charge in [0.25, 0.3) is 0 Å². The number of halogens is 2. The summed E-state index contributed by atoms with van der Waals surface area (Å²) in [5, 5.41) is 8.12. The van der Waals surface area contributed by atoms with Crippen molar-refractivity contribution in [2.45, 2.75) is 39.3 Å². The second-order valence-corrected chi connectivity index (χ2v) is 7.56. The lowest BCUT2D eigenvalue weighted by Crippen LogP contribution is -2.30. The molecule has 0 amide bonds. The zero-order chi connectivity index (χ0) is 19.3. The zero-order valence-corrected chi connectivity index (χ0v) is 18.9. The molecule has 162 valence electrons. The van der Waals surface area contributed by atoms with Gasteiger partial charge in [-0.2, -0.15) is 5.10 Å². The summed E-state index contributed by atoms with van der Waals surface area (Å²) in [6.07, 6.45) is 3.20. The molecule has 3 aromatic rings. The van der Waals surface area contributed by atoms with Crippen molar-refractivity contribution in [1.82, 2.24) is 19.7 Å². The number of hydrogen-bond acceptors (Lipinski definition) is 3. The van der Waals surface area contributed by atoms with Gasteiger partial charge in [0.15, 0.2) is 0 Å². The Kier molecular flexibility index (Phi) is 9.15. The molecule has 2 aromatic carbocycles. The summed E-state index contributed by atoms with van der Waals surface area (Å²) >= 11 is 0. The Bertz CT molecular complexity index is 978. The Morgan fingerprint density at radius 2 is 1.70 bits per heavy atom. The third kappa shape index (κ3) is 5.54. The molecule has 0 bridgehead atoms. The van der Waals surface area contributed by atoms with Crippen LogP contribution in [0.5, 0.6) is 0 Å². The maximum absolute atomic E-state index is 12.9. The predicted octanol–water partition coefficient (Wildman–Crippen LogP) is 4.17. The van der Waals surface area contributed by atoms with Crippen LogP contribution in [-0.4, -0.2) is 27.4 Å². The average Bonchev–Trinajstić information content (AvgIpc) is 3.03. The van der Waals surface area contributed by atoms with E-state index in [0.717, 1.165) is 49.3 Å². The Balaban J connectivity index is 0.00000160. The van der Waals surface area contributed by atoms with Crippen molar-refractivity contribution < 1.29 is 0 Å². The molecule has 0 saturated carbocycles. The van der Waals surface area contributed by atoms with E-state index in [9.17, 15) is 4.79 Å². The molecule has 0 unspecified atom stereocenters. The van der Waals surface area contributed by atoms with Crippen LogP contribution in [0.2, 0.25) is 0 Å². The monoisotopic (exact) mass is 448 g/mol. The molecule has 4 rings (SSSR count). The summed E-state index contributed by atoms with van der Waals surface area (Å²) in [6, 6.07) is 18.7. The van der Waals surface area contributed by atoms with Crippen LogP contribution in [0.3, 0.4) is 0 Å². The van der Waals surface area contributed by atoms with E-state index < -0.39 is 0 Å². The lowest BCUT2D eigenvalue weighted by Gasteiger charge is -2.21. The van der Waals surface area contributed by atoms with Crippen molar-refractivity contribution in [2.75, 3.05) is 13.1 Å². The van der Waals surface area contributed by atoms with Crippen LogP contribution in [0.1, 0.15) is 31.2 Å². The number of aromatic nitrogens is 3. The summed E-state index contributed by atoms with van der Waals surface area (Å²) in [4.78, 5) is 12.9. The van der Waals surface area contributed by atoms with Crippen LogP contribution in [0.25, 0.3) is 11.1 Å². The van der Waals surface area contributed by atoms with E-state index in [2.05, 4.69) is 41.7 Å². The predicted molar refractivity (Wildman–Crippen MR) is 127 cm³/mol. The molecular weight excluding hydrogens is 419 g/mol. The Morgan fingerprint density at radius 1 is 1.00 bits per heavy atom. The highest BCUT2D eigenvalue weighted by molar-refractivity contribution is 5.85. The smallest absolute Gasteiger partial charge is 0.317 e. The van der Waals surface area contributed by atoms with Gasteiger partial charge in [-0.25, -0.2) is 9.48 Å². The molecule has 1 N–H and O–H groups in total. The van der Waals surface area contributed by atoms with Gasteiger partial charge in [0, 0.05) is 13.0 Å². The number of benzene rings is 2. The largest absolute Gasteiger partial charge is 0.346 e. The molecule has 1 saturated heterocycles. The molecule has 0 atom stereocenters. The second kappa shape index (κ2) is 11.3. The van der Waals surface area contributed by atoms with Crippen molar-refractivity contribution in [1.29, 1.82) is 0 Å². The highest BCUT2D eigenvalue weighted by Gasteiger charge is 2.19. The van der Waals surface area contributed by atoms with Gasteiger partial charge in [0.2, 0.25) is 0 Å². The Morgan fingerprint density at radius 3 is 2.40 bits per heavy atom. The lowest BCUT2D eigenvalue weighted by atomic mass is 9.94. The first-order valence-corrected chi connectivity index (χ1v) is 10.3. The molecule has 30 heavy (non-hydrogen) atoms. The van der Waals surface area contributed by atoms with Crippen LogP contribution < -0.4 is 11.0 Å². The molecular formula is C23H30Cl2N4O. The topological polar surface area (TPSA) is 51.9 Å². The first kappa shape index (κ1) is 24.2. The minimum atomic E-state index is -0.00320. The highest BCUT2D eigenvalue weighted by Crippen LogP contribution is 2.20. The average molecular weight is 449 g/mol. The van der Waals surface area contributed by atoms with Crippen molar-refractivity contribution in [3.05, 3.63) is 76.5 Å². The van der Waals surface area contributed by atoms with Gasteiger partial charge in [-0.3, -0.25) is 4.57 Å². The first-order chi connectivity index (χ1) is 13.7. The molecule has 1 aromatic heterocycles. The molecule has 7 heteroatoms. The van der Waals surface area contributed by atoms with Crippen LogP contribution >= 0.6 is 24.8 Å². The van der Waals surface area contributed by atoms with E-state index in [4.69, 9.17) is 5.10 Å². The number of nitrogens with zero attached hydrogens (tertiary/aromatic N) is 3. The maximum Gasteiger partial charge on any atom is 0.346 e. The van der Waals surface area contributed by atoms with Crippen LogP contribution in [0.4, 0.5) is 0 Å². The molecule has 0 radical (unpaired) electrons. The third-order valence-corrected chi connectivity index (χ3v) is 5.61. The number of rotatable bonds is 6. The standard InChI is InChI=1S/C23H28N4O.2ClH/c1-2-26-22(16-18-11-13-24-14-12-18)25-27(23(26)28)17-19-7-6-10-21(15-19)20-8-4-3-5-9-20;;/h3-10,15,18,24H,2,11-14,16-17H2,1H3;2*1H. The van der Waals surface area contributed by atoms with Crippen molar-refractivity contribution >= 4 is 24.8 Å². The Hall–Kier alpha value is -2.08. The normalized spacial score (nSPS) is 14.0. The van der Waals surface area contributed by atoms with Gasteiger partial charge in [0.1, 0.15) is 5.82 Å². The van der Waals surface area contributed by atoms with Crippen LogP contribution in [-0.2, 0) is 19.5 Å². The van der Waals surface area contributed by atoms with E-state index in [1.54, 1.807) is 4.68 Å². The minimum Gasteiger partial charge on any atom is -0.317 e. The summed E-state index contributed by atoms with van der Waals surface area (Å²) in [7, 11) is 0. The van der Waals surface area contributed by atoms with Crippen LogP contribution in [0, 0.1) is 5.92 Å². The summed E-state index contributed by atoms with van der Waals surface area (Å²) in [5.74, 6) is 1.54. The molecule has 1 aliphatic heterocycles. The lowest BCUT2D eigenvalue weighted by molar-refractivity contribution is 0.362. The summed E-state index contributed by atoms with van der Waals surface area (Å²) < 4.78 is 3.47. The molecule has 5 nitrogen and oxygen atoms in total. The van der Waals surface area contributed by atoms with Gasteiger partial charge in [-0.1, -0.05) is 48.5 Å². The van der Waals surface area contributed by atoms with Crippen molar-refractivity contribution in [2.24, 2.45) is 5.92 Å². The molecule has 2 heterocycles. The second-order valence-electron chi connectivity index (χ2n) is 7.56.